The van der Waals surface area contributed by atoms with Crippen LogP contribution in [0.5, 0.6) is 0 Å². The normalized spacial score (nSPS) is 15.6. The number of hydrogen-bond acceptors (Lipinski definition) is 4. The van der Waals surface area contributed by atoms with Gasteiger partial charge in [-0.25, -0.2) is 8.42 Å². The molecule has 0 aliphatic carbocycles. The van der Waals surface area contributed by atoms with Gasteiger partial charge in [-0.1, -0.05) is 45.0 Å². The second kappa shape index (κ2) is 9.51. The van der Waals surface area contributed by atoms with E-state index in [4.69, 9.17) is 4.74 Å². The third-order valence-corrected chi connectivity index (χ3v) is 7.57. The Morgan fingerprint density at radius 1 is 1.00 bits per heavy atom. The van der Waals surface area contributed by atoms with Crippen molar-refractivity contribution < 1.29 is 17.9 Å². The Labute approximate surface area is 185 Å². The summed E-state index contributed by atoms with van der Waals surface area (Å²) in [6.45, 7) is 8.08. The number of hydrogen-bond donors (Lipinski definition) is 0. The highest BCUT2D eigenvalue weighted by molar-refractivity contribution is 7.89. The number of ether oxygens (including phenoxy) is 1. The third-order valence-electron chi connectivity index (χ3n) is 5.65. The quantitative estimate of drug-likeness (QED) is 0.683. The number of carbonyl (C=O) groups is 1. The van der Waals surface area contributed by atoms with E-state index < -0.39 is 10.0 Å². The van der Waals surface area contributed by atoms with Crippen molar-refractivity contribution in [3.05, 3.63) is 59.7 Å². The number of amides is 1. The Morgan fingerprint density at radius 3 is 2.13 bits per heavy atom. The van der Waals surface area contributed by atoms with Gasteiger partial charge in [0.25, 0.3) is 0 Å². The van der Waals surface area contributed by atoms with Gasteiger partial charge in [-0.05, 0) is 47.2 Å². The topological polar surface area (TPSA) is 66.9 Å². The van der Waals surface area contributed by atoms with Crippen LogP contribution in [0.3, 0.4) is 0 Å². The van der Waals surface area contributed by atoms with Crippen LogP contribution in [0, 0.1) is 0 Å². The standard InChI is InChI=1S/C24H32N2O4S/c1-24(2,3)20-8-10-21(11-9-20)25(4)23(27)14-7-19-5-12-22(13-6-19)31(28,29)26-15-17-30-18-16-26/h5-6,8-13H,7,14-18H2,1-4H3. The minimum atomic E-state index is -3.50. The maximum atomic E-state index is 12.7. The fourth-order valence-corrected chi connectivity index (χ4v) is 4.92. The number of sulfonamides is 1. The molecule has 0 radical (unpaired) electrons. The fraction of sp³-hybridized carbons (Fsp3) is 0.458. The lowest BCUT2D eigenvalue weighted by Gasteiger charge is -2.26. The molecule has 1 saturated heterocycles. The number of rotatable bonds is 6. The smallest absolute Gasteiger partial charge is 0.243 e. The van der Waals surface area contributed by atoms with Crippen LogP contribution in [-0.4, -0.2) is 52.0 Å². The lowest BCUT2D eigenvalue weighted by atomic mass is 9.87. The highest BCUT2D eigenvalue weighted by Gasteiger charge is 2.26. The summed E-state index contributed by atoms with van der Waals surface area (Å²) in [6, 6.07) is 14.9. The van der Waals surface area contributed by atoms with Gasteiger partial charge in [0.1, 0.15) is 0 Å². The van der Waals surface area contributed by atoms with E-state index in [0.717, 1.165) is 11.3 Å². The third kappa shape index (κ3) is 5.73. The average molecular weight is 445 g/mol. The summed E-state index contributed by atoms with van der Waals surface area (Å²) in [4.78, 5) is 14.6. The monoisotopic (exact) mass is 444 g/mol. The van der Waals surface area contributed by atoms with Crippen LogP contribution in [0.15, 0.2) is 53.4 Å². The zero-order chi connectivity index (χ0) is 22.6. The highest BCUT2D eigenvalue weighted by atomic mass is 32.2. The molecule has 0 unspecified atom stereocenters. The zero-order valence-electron chi connectivity index (χ0n) is 18.8. The summed E-state index contributed by atoms with van der Waals surface area (Å²) < 4.78 is 32.1. The molecule has 0 spiro atoms. The van der Waals surface area contributed by atoms with Gasteiger partial charge in [0.15, 0.2) is 0 Å². The van der Waals surface area contributed by atoms with E-state index in [2.05, 4.69) is 32.9 Å². The van der Waals surface area contributed by atoms with Crippen molar-refractivity contribution in [2.24, 2.45) is 0 Å². The summed E-state index contributed by atoms with van der Waals surface area (Å²) in [6.07, 6.45) is 0.911. The maximum absolute atomic E-state index is 12.7. The number of benzene rings is 2. The molecular weight excluding hydrogens is 412 g/mol. The first kappa shape index (κ1) is 23.4. The minimum absolute atomic E-state index is 0.0218. The van der Waals surface area contributed by atoms with Crippen LogP contribution in [0.4, 0.5) is 5.69 Å². The molecule has 0 atom stereocenters. The first-order chi connectivity index (χ1) is 14.6. The summed E-state index contributed by atoms with van der Waals surface area (Å²) in [7, 11) is -1.71. The van der Waals surface area contributed by atoms with Crippen molar-refractivity contribution in [3.8, 4) is 0 Å². The molecule has 3 rings (SSSR count). The molecule has 7 heteroatoms. The van der Waals surface area contributed by atoms with E-state index in [-0.39, 0.29) is 16.2 Å². The maximum Gasteiger partial charge on any atom is 0.243 e. The first-order valence-corrected chi connectivity index (χ1v) is 12.1. The second-order valence-electron chi connectivity index (χ2n) is 8.91. The molecule has 31 heavy (non-hydrogen) atoms. The van der Waals surface area contributed by atoms with Gasteiger partial charge in [-0.3, -0.25) is 4.79 Å². The number of anilines is 1. The number of carbonyl (C=O) groups excluding carboxylic acids is 1. The summed E-state index contributed by atoms with van der Waals surface area (Å²) in [5.74, 6) is 0.0218. The largest absolute Gasteiger partial charge is 0.379 e. The molecule has 1 aliphatic heterocycles. The van der Waals surface area contributed by atoms with Crippen LogP contribution in [-0.2, 0) is 31.4 Å². The SMILES string of the molecule is CN(C(=O)CCc1ccc(S(=O)(=O)N2CCOCC2)cc1)c1ccc(C(C)(C)C)cc1. The van der Waals surface area contributed by atoms with Crippen molar-refractivity contribution in [1.29, 1.82) is 0 Å². The Balaban J connectivity index is 1.58. The van der Waals surface area contributed by atoms with Crippen LogP contribution < -0.4 is 4.90 Å². The van der Waals surface area contributed by atoms with E-state index in [1.54, 1.807) is 36.2 Å². The van der Waals surface area contributed by atoms with Gasteiger partial charge >= 0.3 is 0 Å². The van der Waals surface area contributed by atoms with E-state index >= 15 is 0 Å². The molecule has 0 aromatic heterocycles. The highest BCUT2D eigenvalue weighted by Crippen LogP contribution is 2.25. The molecule has 168 valence electrons. The van der Waals surface area contributed by atoms with Crippen molar-refractivity contribution in [1.82, 2.24) is 4.31 Å². The Kier molecular flexibility index (Phi) is 7.19. The Bertz CT molecular complexity index is 987. The predicted molar refractivity (Wildman–Crippen MR) is 123 cm³/mol. The molecule has 1 aliphatic rings. The lowest BCUT2D eigenvalue weighted by Crippen LogP contribution is -2.40. The van der Waals surface area contributed by atoms with Crippen LogP contribution >= 0.6 is 0 Å². The van der Waals surface area contributed by atoms with Gasteiger partial charge in [0, 0.05) is 32.2 Å². The molecule has 2 aromatic rings. The average Bonchev–Trinajstić information content (AvgIpc) is 2.77. The fourth-order valence-electron chi connectivity index (χ4n) is 3.51. The summed E-state index contributed by atoms with van der Waals surface area (Å²) >= 11 is 0. The van der Waals surface area contributed by atoms with Gasteiger partial charge in [-0.15, -0.1) is 0 Å². The van der Waals surface area contributed by atoms with Gasteiger partial charge in [-0.2, -0.15) is 4.31 Å². The Hall–Kier alpha value is -2.22. The number of morpholine rings is 1. The molecule has 1 fully saturated rings. The summed E-state index contributed by atoms with van der Waals surface area (Å²) in [5.41, 5.74) is 3.10. The zero-order valence-corrected chi connectivity index (χ0v) is 19.6. The van der Waals surface area contributed by atoms with E-state index in [1.807, 2.05) is 12.1 Å². The van der Waals surface area contributed by atoms with E-state index in [0.29, 0.717) is 39.1 Å². The molecule has 0 bridgehead atoms. The van der Waals surface area contributed by atoms with Crippen molar-refractivity contribution in [2.75, 3.05) is 38.3 Å². The predicted octanol–water partition coefficient (Wildman–Crippen LogP) is 3.60. The first-order valence-electron chi connectivity index (χ1n) is 10.6. The van der Waals surface area contributed by atoms with Crippen molar-refractivity contribution >= 4 is 21.6 Å². The van der Waals surface area contributed by atoms with E-state index in [9.17, 15) is 13.2 Å². The lowest BCUT2D eigenvalue weighted by molar-refractivity contribution is -0.118. The molecule has 0 N–H and O–H groups in total. The molecule has 0 saturated carbocycles. The Morgan fingerprint density at radius 2 is 1.58 bits per heavy atom. The molecule has 6 nitrogen and oxygen atoms in total. The number of aryl methyl sites for hydroxylation is 1. The van der Waals surface area contributed by atoms with Crippen molar-refractivity contribution in [2.45, 2.75) is 43.9 Å². The molecule has 2 aromatic carbocycles. The summed E-state index contributed by atoms with van der Waals surface area (Å²) in [5, 5.41) is 0. The van der Waals surface area contributed by atoms with Gasteiger partial charge in [0.2, 0.25) is 15.9 Å². The second-order valence-corrected chi connectivity index (χ2v) is 10.8. The van der Waals surface area contributed by atoms with E-state index in [1.165, 1.54) is 9.87 Å². The molecule has 1 heterocycles. The van der Waals surface area contributed by atoms with Crippen LogP contribution in [0.1, 0.15) is 38.3 Å². The van der Waals surface area contributed by atoms with Gasteiger partial charge in [0.05, 0.1) is 18.1 Å². The van der Waals surface area contributed by atoms with Crippen molar-refractivity contribution in [3.63, 3.8) is 0 Å². The number of nitrogens with zero attached hydrogens (tertiary/aromatic N) is 2. The van der Waals surface area contributed by atoms with Crippen LogP contribution in [0.25, 0.3) is 0 Å². The molecule has 1 amide bonds. The van der Waals surface area contributed by atoms with Gasteiger partial charge < -0.3 is 9.64 Å². The molecular formula is C24H32N2O4S. The minimum Gasteiger partial charge on any atom is -0.379 e. The van der Waals surface area contributed by atoms with Crippen LogP contribution in [0.2, 0.25) is 0 Å².